The highest BCUT2D eigenvalue weighted by molar-refractivity contribution is 7.90. The van der Waals surface area contributed by atoms with Gasteiger partial charge in [-0.3, -0.25) is 0 Å². The van der Waals surface area contributed by atoms with Crippen molar-refractivity contribution in [2.75, 3.05) is 19.5 Å². The largest absolute Gasteiger partial charge is 0.381 e. The third-order valence-corrected chi connectivity index (χ3v) is 5.87. The van der Waals surface area contributed by atoms with E-state index in [1.807, 2.05) is 12.1 Å². The first kappa shape index (κ1) is 20.4. The molecule has 0 aliphatic carbocycles. The molecule has 0 unspecified atom stereocenters. The van der Waals surface area contributed by atoms with E-state index in [9.17, 15) is 8.42 Å². The molecule has 3 rings (SSSR count). The maximum absolute atomic E-state index is 11.7. The molecule has 0 saturated carbocycles. The number of nitrogens with zero attached hydrogens (tertiary/aromatic N) is 1. The summed E-state index contributed by atoms with van der Waals surface area (Å²) in [6.07, 6.45) is 7.39. The van der Waals surface area contributed by atoms with Crippen LogP contribution < -0.4 is 0 Å². The van der Waals surface area contributed by atoms with Crippen molar-refractivity contribution in [1.82, 2.24) is 4.57 Å². The molecular formula is C23H27NO3S. The zero-order chi connectivity index (χ0) is 20.1. The van der Waals surface area contributed by atoms with Crippen molar-refractivity contribution in [1.29, 1.82) is 0 Å². The van der Waals surface area contributed by atoms with E-state index in [1.54, 1.807) is 12.1 Å². The third-order valence-electron chi connectivity index (χ3n) is 4.74. The van der Waals surface area contributed by atoms with E-state index in [0.717, 1.165) is 42.9 Å². The standard InChI is InChI=1S/C23H27NO3S/c1-4-14-27-15-12-19-11-13-24(17-19)23-16-21(6-5-18(23)2)20-7-9-22(10-8-20)28(3,25)26/h5-11,13,16-17H,4,12,14-15H2,1-3H3. The third kappa shape index (κ3) is 4.91. The Bertz CT molecular complexity index is 1030. The molecule has 0 saturated heterocycles. The molecule has 1 heterocycles. The highest BCUT2D eigenvalue weighted by Gasteiger charge is 2.09. The molecule has 0 bridgehead atoms. The van der Waals surface area contributed by atoms with E-state index in [2.05, 4.69) is 55.1 Å². The molecule has 0 fully saturated rings. The number of aryl methyl sites for hydroxylation is 1. The van der Waals surface area contributed by atoms with Crippen molar-refractivity contribution in [2.45, 2.75) is 31.6 Å². The number of benzene rings is 2. The number of ether oxygens (including phenoxy) is 1. The van der Waals surface area contributed by atoms with Gasteiger partial charge in [0.25, 0.3) is 0 Å². The van der Waals surface area contributed by atoms with Crippen LogP contribution in [0.3, 0.4) is 0 Å². The van der Waals surface area contributed by atoms with Crippen molar-refractivity contribution in [2.24, 2.45) is 0 Å². The van der Waals surface area contributed by atoms with Crippen LogP contribution >= 0.6 is 0 Å². The van der Waals surface area contributed by atoms with Crippen LogP contribution in [-0.2, 0) is 21.0 Å². The van der Waals surface area contributed by atoms with E-state index in [1.165, 1.54) is 17.4 Å². The fraction of sp³-hybridized carbons (Fsp3) is 0.304. The quantitative estimate of drug-likeness (QED) is 0.512. The van der Waals surface area contributed by atoms with Crippen LogP contribution in [-0.4, -0.2) is 32.5 Å². The lowest BCUT2D eigenvalue weighted by molar-refractivity contribution is 0.138. The summed E-state index contributed by atoms with van der Waals surface area (Å²) < 4.78 is 31.1. The van der Waals surface area contributed by atoms with E-state index >= 15 is 0 Å². The summed E-state index contributed by atoms with van der Waals surface area (Å²) in [4.78, 5) is 0.337. The Morgan fingerprint density at radius 3 is 2.36 bits per heavy atom. The molecule has 0 amide bonds. The predicted molar refractivity (Wildman–Crippen MR) is 114 cm³/mol. The first-order valence-corrected chi connectivity index (χ1v) is 11.4. The molecule has 0 aliphatic heterocycles. The van der Waals surface area contributed by atoms with Crippen molar-refractivity contribution in [3.8, 4) is 16.8 Å². The summed E-state index contributed by atoms with van der Waals surface area (Å²) in [6.45, 7) is 5.75. The fourth-order valence-electron chi connectivity index (χ4n) is 3.14. The lowest BCUT2D eigenvalue weighted by Crippen LogP contribution is -1.99. The molecule has 2 aromatic carbocycles. The second-order valence-electron chi connectivity index (χ2n) is 7.09. The van der Waals surface area contributed by atoms with Crippen LogP contribution in [0.25, 0.3) is 16.8 Å². The van der Waals surface area contributed by atoms with Crippen molar-refractivity contribution in [3.05, 3.63) is 72.1 Å². The highest BCUT2D eigenvalue weighted by atomic mass is 32.2. The van der Waals surface area contributed by atoms with Gasteiger partial charge >= 0.3 is 0 Å². The maximum Gasteiger partial charge on any atom is 0.175 e. The lowest BCUT2D eigenvalue weighted by Gasteiger charge is -2.11. The van der Waals surface area contributed by atoms with Crippen molar-refractivity contribution >= 4 is 9.84 Å². The Balaban J connectivity index is 1.83. The predicted octanol–water partition coefficient (Wildman–Crippen LogP) is 4.83. The highest BCUT2D eigenvalue weighted by Crippen LogP contribution is 2.26. The maximum atomic E-state index is 11.7. The van der Waals surface area contributed by atoms with Crippen LogP contribution in [0.1, 0.15) is 24.5 Å². The summed E-state index contributed by atoms with van der Waals surface area (Å²) in [6, 6.07) is 15.5. The molecule has 0 atom stereocenters. The number of rotatable bonds is 8. The first-order valence-electron chi connectivity index (χ1n) is 9.54. The van der Waals surface area contributed by atoms with E-state index in [0.29, 0.717) is 4.90 Å². The van der Waals surface area contributed by atoms with Gasteiger partial charge in [0, 0.05) is 30.9 Å². The number of aromatic nitrogens is 1. The molecular weight excluding hydrogens is 370 g/mol. The van der Waals surface area contributed by atoms with Crippen molar-refractivity contribution in [3.63, 3.8) is 0 Å². The molecule has 0 spiro atoms. The molecule has 0 N–H and O–H groups in total. The minimum atomic E-state index is -3.18. The molecule has 28 heavy (non-hydrogen) atoms. The van der Waals surface area contributed by atoms with Gasteiger partial charge in [-0.15, -0.1) is 0 Å². The SMILES string of the molecule is CCCOCCc1ccn(-c2cc(-c3ccc(S(C)(=O)=O)cc3)ccc2C)c1. The molecule has 5 heteroatoms. The molecule has 4 nitrogen and oxygen atoms in total. The topological polar surface area (TPSA) is 48.3 Å². The van der Waals surface area contributed by atoms with Gasteiger partial charge < -0.3 is 9.30 Å². The second-order valence-corrected chi connectivity index (χ2v) is 9.10. The Morgan fingerprint density at radius 2 is 1.68 bits per heavy atom. The van der Waals surface area contributed by atoms with E-state index < -0.39 is 9.84 Å². The van der Waals surface area contributed by atoms with Crippen molar-refractivity contribution < 1.29 is 13.2 Å². The average Bonchev–Trinajstić information content (AvgIpc) is 3.14. The van der Waals surface area contributed by atoms with Gasteiger partial charge in [0.2, 0.25) is 0 Å². The van der Waals surface area contributed by atoms with E-state index in [4.69, 9.17) is 4.74 Å². The zero-order valence-corrected chi connectivity index (χ0v) is 17.5. The molecule has 0 radical (unpaired) electrons. The van der Waals surface area contributed by atoms with Crippen LogP contribution in [0.15, 0.2) is 65.8 Å². The van der Waals surface area contributed by atoms with Crippen LogP contribution in [0.5, 0.6) is 0 Å². The Kier molecular flexibility index (Phi) is 6.37. The normalized spacial score (nSPS) is 11.7. The summed E-state index contributed by atoms with van der Waals surface area (Å²) in [5.74, 6) is 0. The van der Waals surface area contributed by atoms with Gasteiger partial charge in [-0.25, -0.2) is 8.42 Å². The minimum Gasteiger partial charge on any atom is -0.381 e. The molecule has 148 valence electrons. The van der Waals surface area contributed by atoms with Crippen LogP contribution in [0.4, 0.5) is 0 Å². The summed E-state index contributed by atoms with van der Waals surface area (Å²) in [5, 5.41) is 0. The number of hydrogen-bond acceptors (Lipinski definition) is 3. The van der Waals surface area contributed by atoms with Gasteiger partial charge in [-0.05, 0) is 66.3 Å². The second kappa shape index (κ2) is 8.76. The first-order chi connectivity index (χ1) is 13.4. The Labute approximate surface area is 167 Å². The monoisotopic (exact) mass is 397 g/mol. The summed E-state index contributed by atoms with van der Waals surface area (Å²) >= 11 is 0. The zero-order valence-electron chi connectivity index (χ0n) is 16.7. The minimum absolute atomic E-state index is 0.337. The molecule has 3 aromatic rings. The Morgan fingerprint density at radius 1 is 0.964 bits per heavy atom. The lowest BCUT2D eigenvalue weighted by atomic mass is 10.0. The summed E-state index contributed by atoms with van der Waals surface area (Å²) in [5.41, 5.74) is 5.60. The smallest absolute Gasteiger partial charge is 0.175 e. The number of hydrogen-bond donors (Lipinski definition) is 0. The van der Waals surface area contributed by atoms with Crippen LogP contribution in [0, 0.1) is 6.92 Å². The summed E-state index contributed by atoms with van der Waals surface area (Å²) in [7, 11) is -3.18. The average molecular weight is 398 g/mol. The van der Waals surface area contributed by atoms with Gasteiger partial charge in [-0.1, -0.05) is 31.2 Å². The van der Waals surface area contributed by atoms with Gasteiger partial charge in [0.15, 0.2) is 9.84 Å². The number of sulfone groups is 1. The molecule has 1 aromatic heterocycles. The van der Waals surface area contributed by atoms with Gasteiger partial charge in [-0.2, -0.15) is 0 Å². The van der Waals surface area contributed by atoms with Gasteiger partial charge in [0.05, 0.1) is 11.5 Å². The van der Waals surface area contributed by atoms with Gasteiger partial charge in [0.1, 0.15) is 0 Å². The fourth-order valence-corrected chi connectivity index (χ4v) is 3.77. The Hall–Kier alpha value is -2.37. The van der Waals surface area contributed by atoms with E-state index in [-0.39, 0.29) is 0 Å². The molecule has 0 aliphatic rings. The van der Waals surface area contributed by atoms with Crippen LogP contribution in [0.2, 0.25) is 0 Å².